The maximum atomic E-state index is 13.2. The number of fused-ring (bicyclic) bond motifs is 2. The number of carbonyl (C=O) groups excluding carboxylic acids is 4. The predicted molar refractivity (Wildman–Crippen MR) is 168 cm³/mol. The number of ether oxygens (including phenoxy) is 2. The molecule has 0 saturated heterocycles. The van der Waals surface area contributed by atoms with Crippen molar-refractivity contribution in [3.63, 3.8) is 0 Å². The van der Waals surface area contributed by atoms with Crippen LogP contribution in [0.3, 0.4) is 0 Å². The van der Waals surface area contributed by atoms with Crippen molar-refractivity contribution < 1.29 is 28.7 Å². The van der Waals surface area contributed by atoms with E-state index in [4.69, 9.17) is 20.9 Å². The van der Waals surface area contributed by atoms with Gasteiger partial charge in [0.25, 0.3) is 11.8 Å². The van der Waals surface area contributed by atoms with Crippen molar-refractivity contribution in [3.05, 3.63) is 76.6 Å². The topological polar surface area (TPSA) is 218 Å². The molecule has 0 radical (unpaired) electrons. The Labute approximate surface area is 263 Å². The molecule has 0 spiro atoms. The molecule has 2 aromatic carbocycles. The average molecular weight is 628 g/mol. The fourth-order valence-corrected chi connectivity index (χ4v) is 5.18. The fourth-order valence-electron chi connectivity index (χ4n) is 5.18. The molecule has 1 aliphatic heterocycles. The zero-order valence-corrected chi connectivity index (χ0v) is 25.3. The number of nitrogens with one attached hydrogen (secondary N) is 2. The summed E-state index contributed by atoms with van der Waals surface area (Å²) in [4.78, 5) is 69.0. The van der Waals surface area contributed by atoms with E-state index in [9.17, 15) is 19.2 Å². The summed E-state index contributed by atoms with van der Waals surface area (Å²) in [7, 11) is 2.51. The van der Waals surface area contributed by atoms with E-state index in [2.05, 4.69) is 35.5 Å². The predicted octanol–water partition coefficient (Wildman–Crippen LogP) is 1.42. The van der Waals surface area contributed by atoms with Gasteiger partial charge in [-0.2, -0.15) is 9.97 Å². The first-order valence-corrected chi connectivity index (χ1v) is 14.4. The van der Waals surface area contributed by atoms with Gasteiger partial charge < -0.3 is 36.5 Å². The lowest BCUT2D eigenvalue weighted by atomic mass is 10.1. The minimum atomic E-state index is -0.917. The number of nitrogens with two attached hydrogens (primary N) is 2. The van der Waals surface area contributed by atoms with Crippen LogP contribution in [-0.2, 0) is 27.2 Å². The van der Waals surface area contributed by atoms with Crippen LogP contribution in [-0.4, -0.2) is 77.0 Å². The molecule has 238 valence electrons. The summed E-state index contributed by atoms with van der Waals surface area (Å²) in [5.41, 5.74) is 15.9. The van der Waals surface area contributed by atoms with Crippen LogP contribution in [0.2, 0.25) is 0 Å². The Balaban J connectivity index is 1.17. The van der Waals surface area contributed by atoms with E-state index in [0.717, 1.165) is 11.3 Å². The highest BCUT2D eigenvalue weighted by atomic mass is 16.5. The summed E-state index contributed by atoms with van der Waals surface area (Å²) >= 11 is 0. The minimum Gasteiger partial charge on any atom is -0.467 e. The molecule has 2 amide bonds. The number of hydrogen-bond acceptors (Lipinski definition) is 13. The van der Waals surface area contributed by atoms with Crippen LogP contribution in [0.15, 0.2) is 48.7 Å². The van der Waals surface area contributed by atoms with Crippen molar-refractivity contribution in [1.29, 1.82) is 0 Å². The second kappa shape index (κ2) is 13.8. The molecule has 46 heavy (non-hydrogen) atoms. The van der Waals surface area contributed by atoms with E-state index in [1.165, 1.54) is 20.3 Å². The Morgan fingerprint density at radius 2 is 1.74 bits per heavy atom. The van der Waals surface area contributed by atoms with E-state index in [1.54, 1.807) is 30.5 Å². The SMILES string of the molecule is COC(=O)c1cccc(C(=O)NCCCC(NC(=O)c2ccc3c(c2)CCN3Cc2cnc3nc(N)nc(N)c3n2)C(=O)OC)c1. The molecule has 4 aromatic rings. The van der Waals surface area contributed by atoms with E-state index in [0.29, 0.717) is 53.9 Å². The van der Waals surface area contributed by atoms with Crippen molar-refractivity contribution >= 4 is 52.4 Å². The maximum absolute atomic E-state index is 13.2. The number of aromatic nitrogens is 4. The van der Waals surface area contributed by atoms with Crippen molar-refractivity contribution in [3.8, 4) is 0 Å². The Morgan fingerprint density at radius 3 is 2.52 bits per heavy atom. The number of carbonyl (C=O) groups is 4. The largest absolute Gasteiger partial charge is 0.467 e. The van der Waals surface area contributed by atoms with Gasteiger partial charge in [-0.1, -0.05) is 6.07 Å². The van der Waals surface area contributed by atoms with Crippen molar-refractivity contribution in [2.45, 2.75) is 31.8 Å². The number of nitrogen functional groups attached to an aromatic ring is 2. The fraction of sp³-hybridized carbons (Fsp3) is 0.290. The summed E-state index contributed by atoms with van der Waals surface area (Å²) < 4.78 is 9.60. The molecule has 0 fully saturated rings. The molecule has 0 bridgehead atoms. The lowest BCUT2D eigenvalue weighted by Crippen LogP contribution is -2.42. The minimum absolute atomic E-state index is 0.0309. The number of amides is 2. The van der Waals surface area contributed by atoms with E-state index in [-0.39, 0.29) is 36.2 Å². The molecular weight excluding hydrogens is 594 g/mol. The first kappa shape index (κ1) is 31.6. The summed E-state index contributed by atoms with van der Waals surface area (Å²) in [5, 5.41) is 5.51. The maximum Gasteiger partial charge on any atom is 0.337 e. The zero-order valence-electron chi connectivity index (χ0n) is 25.3. The monoisotopic (exact) mass is 627 g/mol. The van der Waals surface area contributed by atoms with Gasteiger partial charge in [0, 0.05) is 29.9 Å². The molecule has 1 aliphatic rings. The molecule has 15 heteroatoms. The number of methoxy groups -OCH3 is 2. The molecule has 1 atom stereocenters. The first-order chi connectivity index (χ1) is 22.2. The second-order valence-electron chi connectivity index (χ2n) is 10.5. The van der Waals surface area contributed by atoms with Crippen LogP contribution in [0.25, 0.3) is 11.2 Å². The van der Waals surface area contributed by atoms with Gasteiger partial charge >= 0.3 is 11.9 Å². The molecule has 2 aromatic heterocycles. The summed E-state index contributed by atoms with van der Waals surface area (Å²) in [5.74, 6) is -1.75. The van der Waals surface area contributed by atoms with E-state index >= 15 is 0 Å². The third kappa shape index (κ3) is 7.09. The second-order valence-corrected chi connectivity index (χ2v) is 10.5. The zero-order chi connectivity index (χ0) is 32.8. The highest BCUT2D eigenvalue weighted by molar-refractivity contribution is 5.98. The van der Waals surface area contributed by atoms with Crippen molar-refractivity contribution in [2.75, 3.05) is 43.7 Å². The molecule has 15 nitrogen and oxygen atoms in total. The number of rotatable bonds is 11. The van der Waals surface area contributed by atoms with Gasteiger partial charge in [-0.3, -0.25) is 9.59 Å². The van der Waals surface area contributed by atoms with E-state index < -0.39 is 23.9 Å². The summed E-state index contributed by atoms with van der Waals surface area (Å²) in [6.45, 7) is 1.40. The van der Waals surface area contributed by atoms with Crippen LogP contribution in [0, 0.1) is 0 Å². The number of esters is 2. The van der Waals surface area contributed by atoms with Gasteiger partial charge in [-0.05, 0) is 61.2 Å². The Morgan fingerprint density at radius 1 is 0.957 bits per heavy atom. The number of anilines is 3. The average Bonchev–Trinajstić information content (AvgIpc) is 3.47. The lowest BCUT2D eigenvalue weighted by molar-refractivity contribution is -0.143. The standard InChI is InChI=1S/C31H33N9O6/c1-45-29(43)20-6-3-5-18(14-20)27(41)34-11-4-7-22(30(44)46-2)37-28(42)19-8-9-23-17(13-19)10-12-40(23)16-21-15-35-26-24(36-21)25(32)38-31(33)39-26/h3,5-6,8-9,13-15,22H,4,7,10-12,16H2,1-2H3,(H,34,41)(H,37,42)(H4,32,33,35,38,39). The highest BCUT2D eigenvalue weighted by Crippen LogP contribution is 2.30. The van der Waals surface area contributed by atoms with Crippen molar-refractivity contribution in [2.24, 2.45) is 0 Å². The smallest absolute Gasteiger partial charge is 0.337 e. The highest BCUT2D eigenvalue weighted by Gasteiger charge is 2.25. The summed E-state index contributed by atoms with van der Waals surface area (Å²) in [6.07, 6.45) is 2.94. The molecule has 0 aliphatic carbocycles. The van der Waals surface area contributed by atoms with Gasteiger partial charge in [0.05, 0.1) is 38.2 Å². The van der Waals surface area contributed by atoms with Gasteiger partial charge in [0.1, 0.15) is 6.04 Å². The van der Waals surface area contributed by atoms with Crippen LogP contribution in [0.4, 0.5) is 17.5 Å². The number of hydrogen-bond donors (Lipinski definition) is 4. The first-order valence-electron chi connectivity index (χ1n) is 14.4. The molecule has 5 rings (SSSR count). The quantitative estimate of drug-likeness (QED) is 0.137. The molecule has 1 unspecified atom stereocenters. The Bertz CT molecular complexity index is 1820. The lowest BCUT2D eigenvalue weighted by Gasteiger charge is -2.20. The van der Waals surface area contributed by atoms with Gasteiger partial charge in [0.2, 0.25) is 5.95 Å². The van der Waals surface area contributed by atoms with Crippen molar-refractivity contribution in [1.82, 2.24) is 30.6 Å². The molecule has 0 saturated carbocycles. The van der Waals surface area contributed by atoms with Gasteiger partial charge in [-0.25, -0.2) is 19.6 Å². The molecule has 6 N–H and O–H groups in total. The number of benzene rings is 2. The van der Waals surface area contributed by atoms with E-state index in [1.807, 2.05) is 12.1 Å². The van der Waals surface area contributed by atoms with Gasteiger partial charge in [-0.15, -0.1) is 0 Å². The molecular formula is C31H33N9O6. The molecule has 3 heterocycles. The Hall–Kier alpha value is -5.86. The normalized spacial score (nSPS) is 12.7. The summed E-state index contributed by atoms with van der Waals surface area (Å²) in [6, 6.07) is 10.6. The van der Waals surface area contributed by atoms with Crippen LogP contribution in [0.1, 0.15) is 55.2 Å². The Kier molecular flexibility index (Phi) is 9.50. The number of nitrogens with zero attached hydrogens (tertiary/aromatic N) is 5. The third-order valence-corrected chi connectivity index (χ3v) is 7.48. The van der Waals surface area contributed by atoms with Crippen LogP contribution in [0.5, 0.6) is 0 Å². The third-order valence-electron chi connectivity index (χ3n) is 7.48. The van der Waals surface area contributed by atoms with Crippen LogP contribution >= 0.6 is 0 Å². The van der Waals surface area contributed by atoms with Gasteiger partial charge in [0.15, 0.2) is 17.0 Å². The van der Waals surface area contributed by atoms with Crippen LogP contribution < -0.4 is 27.0 Å².